The summed E-state index contributed by atoms with van der Waals surface area (Å²) in [5.74, 6) is 0.569. The number of hydrogen-bond donors (Lipinski definition) is 1. The van der Waals surface area contributed by atoms with Crippen molar-refractivity contribution in [3.8, 4) is 5.88 Å². The maximum absolute atomic E-state index is 12.4. The highest BCUT2D eigenvalue weighted by Gasteiger charge is 2.25. The van der Waals surface area contributed by atoms with E-state index in [9.17, 15) is 4.79 Å². The maximum atomic E-state index is 12.4. The zero-order chi connectivity index (χ0) is 17.4. The summed E-state index contributed by atoms with van der Waals surface area (Å²) in [5, 5.41) is 2.94. The van der Waals surface area contributed by atoms with E-state index in [2.05, 4.69) is 10.3 Å². The summed E-state index contributed by atoms with van der Waals surface area (Å²) in [6, 6.07) is 3.70. The molecular weight excluding hydrogens is 308 g/mol. The molecular formula is C18H28N2O4. The van der Waals surface area contributed by atoms with Crippen molar-refractivity contribution >= 4 is 5.91 Å². The molecule has 2 rings (SSSR count). The molecule has 1 aliphatic rings. The monoisotopic (exact) mass is 336 g/mol. The van der Waals surface area contributed by atoms with Crippen LogP contribution in [0.1, 0.15) is 39.2 Å². The SMILES string of the molecule is CCOc1cc(CNC(=O)[C@H](OC[C@H]2CCCO2)C(C)C)ccn1. The number of amides is 1. The molecule has 1 amide bonds. The average Bonchev–Trinajstić information content (AvgIpc) is 3.07. The van der Waals surface area contributed by atoms with E-state index in [1.807, 2.05) is 32.9 Å². The number of nitrogens with one attached hydrogen (secondary N) is 1. The predicted molar refractivity (Wildman–Crippen MR) is 90.8 cm³/mol. The van der Waals surface area contributed by atoms with Crippen molar-refractivity contribution in [1.29, 1.82) is 0 Å². The molecule has 1 aromatic rings. The Morgan fingerprint density at radius 2 is 2.33 bits per heavy atom. The molecule has 0 spiro atoms. The van der Waals surface area contributed by atoms with Crippen LogP contribution in [-0.2, 0) is 20.8 Å². The molecule has 24 heavy (non-hydrogen) atoms. The second-order valence-electron chi connectivity index (χ2n) is 6.29. The molecule has 1 aliphatic heterocycles. The molecule has 0 unspecified atom stereocenters. The smallest absolute Gasteiger partial charge is 0.249 e. The van der Waals surface area contributed by atoms with Gasteiger partial charge in [0.05, 0.1) is 19.3 Å². The van der Waals surface area contributed by atoms with Gasteiger partial charge in [-0.2, -0.15) is 0 Å². The summed E-state index contributed by atoms with van der Waals surface area (Å²) < 4.78 is 16.7. The predicted octanol–water partition coefficient (Wildman–Crippen LogP) is 2.32. The third-order valence-electron chi connectivity index (χ3n) is 3.91. The van der Waals surface area contributed by atoms with Crippen LogP contribution in [0, 0.1) is 5.92 Å². The number of pyridine rings is 1. The maximum Gasteiger partial charge on any atom is 0.249 e. The quantitative estimate of drug-likeness (QED) is 0.749. The van der Waals surface area contributed by atoms with E-state index < -0.39 is 6.10 Å². The number of carbonyl (C=O) groups excluding carboxylic acids is 1. The minimum Gasteiger partial charge on any atom is -0.478 e. The minimum atomic E-state index is -0.470. The molecule has 2 atom stereocenters. The lowest BCUT2D eigenvalue weighted by Crippen LogP contribution is -2.40. The van der Waals surface area contributed by atoms with Gasteiger partial charge in [0.1, 0.15) is 6.10 Å². The molecule has 1 aromatic heterocycles. The molecule has 0 saturated carbocycles. The van der Waals surface area contributed by atoms with Gasteiger partial charge in [-0.3, -0.25) is 4.79 Å². The first-order valence-corrected chi connectivity index (χ1v) is 8.68. The van der Waals surface area contributed by atoms with Crippen LogP contribution >= 0.6 is 0 Å². The summed E-state index contributed by atoms with van der Waals surface area (Å²) in [6.07, 6.45) is 3.40. The van der Waals surface area contributed by atoms with Gasteiger partial charge in [0, 0.05) is 25.4 Å². The van der Waals surface area contributed by atoms with E-state index in [-0.39, 0.29) is 17.9 Å². The fourth-order valence-electron chi connectivity index (χ4n) is 2.63. The Morgan fingerprint density at radius 3 is 3.00 bits per heavy atom. The minimum absolute atomic E-state index is 0.0993. The van der Waals surface area contributed by atoms with Crippen LogP contribution in [0.3, 0.4) is 0 Å². The number of aromatic nitrogens is 1. The molecule has 1 N–H and O–H groups in total. The van der Waals surface area contributed by atoms with E-state index in [4.69, 9.17) is 14.2 Å². The van der Waals surface area contributed by atoms with Crippen LogP contribution < -0.4 is 10.1 Å². The van der Waals surface area contributed by atoms with Gasteiger partial charge in [-0.05, 0) is 37.3 Å². The third-order valence-corrected chi connectivity index (χ3v) is 3.91. The van der Waals surface area contributed by atoms with Gasteiger partial charge in [0.2, 0.25) is 11.8 Å². The number of ether oxygens (including phenoxy) is 3. The van der Waals surface area contributed by atoms with Gasteiger partial charge >= 0.3 is 0 Å². The number of carbonyl (C=O) groups is 1. The van der Waals surface area contributed by atoms with Crippen molar-refractivity contribution in [3.05, 3.63) is 23.9 Å². The van der Waals surface area contributed by atoms with E-state index in [1.54, 1.807) is 6.20 Å². The van der Waals surface area contributed by atoms with Gasteiger partial charge in [-0.15, -0.1) is 0 Å². The van der Waals surface area contributed by atoms with Crippen LogP contribution in [-0.4, -0.2) is 42.9 Å². The Hall–Kier alpha value is -1.66. The molecule has 0 aromatic carbocycles. The van der Waals surface area contributed by atoms with Crippen molar-refractivity contribution < 1.29 is 19.0 Å². The largest absolute Gasteiger partial charge is 0.478 e. The van der Waals surface area contributed by atoms with Gasteiger partial charge in [-0.1, -0.05) is 13.8 Å². The van der Waals surface area contributed by atoms with Crippen LogP contribution in [0.2, 0.25) is 0 Å². The molecule has 134 valence electrons. The zero-order valence-corrected chi connectivity index (χ0v) is 14.8. The Balaban J connectivity index is 1.84. The van der Waals surface area contributed by atoms with E-state index in [1.165, 1.54) is 0 Å². The highest BCUT2D eigenvalue weighted by molar-refractivity contribution is 5.81. The third kappa shape index (κ3) is 5.76. The zero-order valence-electron chi connectivity index (χ0n) is 14.8. The number of rotatable bonds is 9. The first-order chi connectivity index (χ1) is 11.6. The number of hydrogen-bond acceptors (Lipinski definition) is 5. The molecule has 6 nitrogen and oxygen atoms in total. The first-order valence-electron chi connectivity index (χ1n) is 8.68. The lowest BCUT2D eigenvalue weighted by Gasteiger charge is -2.22. The molecule has 0 radical (unpaired) electrons. The van der Waals surface area contributed by atoms with Crippen LogP contribution in [0.5, 0.6) is 5.88 Å². The second-order valence-corrected chi connectivity index (χ2v) is 6.29. The first kappa shape index (κ1) is 18.7. The summed E-state index contributed by atoms with van der Waals surface area (Å²) in [4.78, 5) is 16.6. The summed E-state index contributed by atoms with van der Waals surface area (Å²) in [6.45, 7) is 8.13. The molecule has 6 heteroatoms. The van der Waals surface area contributed by atoms with Gasteiger partial charge in [0.15, 0.2) is 0 Å². The van der Waals surface area contributed by atoms with Crippen LogP contribution in [0.25, 0.3) is 0 Å². The van der Waals surface area contributed by atoms with Crippen molar-refractivity contribution in [2.75, 3.05) is 19.8 Å². The van der Waals surface area contributed by atoms with Crippen molar-refractivity contribution in [1.82, 2.24) is 10.3 Å². The highest BCUT2D eigenvalue weighted by atomic mass is 16.5. The Morgan fingerprint density at radius 1 is 1.50 bits per heavy atom. The fraction of sp³-hybridized carbons (Fsp3) is 0.667. The van der Waals surface area contributed by atoms with E-state index >= 15 is 0 Å². The lowest BCUT2D eigenvalue weighted by atomic mass is 10.1. The summed E-state index contributed by atoms with van der Waals surface area (Å²) in [7, 11) is 0. The normalized spacial score (nSPS) is 18.6. The van der Waals surface area contributed by atoms with E-state index in [0.29, 0.717) is 25.6 Å². The molecule has 2 heterocycles. The van der Waals surface area contributed by atoms with Gasteiger partial charge < -0.3 is 19.5 Å². The topological polar surface area (TPSA) is 69.7 Å². The summed E-state index contributed by atoms with van der Waals surface area (Å²) >= 11 is 0. The molecule has 1 saturated heterocycles. The van der Waals surface area contributed by atoms with Crippen molar-refractivity contribution in [3.63, 3.8) is 0 Å². The van der Waals surface area contributed by atoms with Crippen LogP contribution in [0.4, 0.5) is 0 Å². The molecule has 0 aliphatic carbocycles. The number of nitrogens with zero attached hydrogens (tertiary/aromatic N) is 1. The molecule has 0 bridgehead atoms. The Kier molecular flexibility index (Phi) is 7.46. The van der Waals surface area contributed by atoms with Crippen LogP contribution in [0.15, 0.2) is 18.3 Å². The van der Waals surface area contributed by atoms with Gasteiger partial charge in [-0.25, -0.2) is 4.98 Å². The van der Waals surface area contributed by atoms with E-state index in [0.717, 1.165) is 25.0 Å². The Bertz CT molecular complexity index is 515. The van der Waals surface area contributed by atoms with Gasteiger partial charge in [0.25, 0.3) is 0 Å². The molecule has 1 fully saturated rings. The summed E-state index contributed by atoms with van der Waals surface area (Å²) in [5.41, 5.74) is 0.948. The Labute approximate surface area is 143 Å². The lowest BCUT2D eigenvalue weighted by molar-refractivity contribution is -0.138. The second kappa shape index (κ2) is 9.59. The standard InChI is InChI=1S/C18H28N2O4/c1-4-22-16-10-14(7-8-19-16)11-20-18(21)17(13(2)3)24-12-15-6-5-9-23-15/h7-8,10,13,15,17H,4-6,9,11-12H2,1-3H3,(H,20,21)/t15-,17-/m1/s1. The average molecular weight is 336 g/mol. The van der Waals surface area contributed by atoms with Crippen molar-refractivity contribution in [2.45, 2.75) is 52.4 Å². The highest BCUT2D eigenvalue weighted by Crippen LogP contribution is 2.15. The fourth-order valence-corrected chi connectivity index (χ4v) is 2.63. The van der Waals surface area contributed by atoms with Crippen molar-refractivity contribution in [2.24, 2.45) is 5.92 Å².